The lowest BCUT2D eigenvalue weighted by molar-refractivity contribution is -0.141. The van der Waals surface area contributed by atoms with Crippen LogP contribution in [0.25, 0.3) is 0 Å². The third kappa shape index (κ3) is 6.59. The van der Waals surface area contributed by atoms with Crippen LogP contribution < -0.4 is 20.4 Å². The zero-order valence-corrected chi connectivity index (χ0v) is 22.3. The highest BCUT2D eigenvalue weighted by Gasteiger charge is 2.36. The molecule has 3 aromatic rings. The van der Waals surface area contributed by atoms with Gasteiger partial charge in [-0.15, -0.1) is 0 Å². The molecule has 2 aromatic carbocycles. The molecule has 2 saturated heterocycles. The van der Waals surface area contributed by atoms with Gasteiger partial charge in [-0.05, 0) is 42.8 Å². The molecule has 2 aliphatic rings. The average Bonchev–Trinajstić information content (AvgIpc) is 2.97. The molecule has 0 unspecified atom stereocenters. The van der Waals surface area contributed by atoms with Crippen LogP contribution >= 0.6 is 12.2 Å². The molecular weight excluding hydrogens is 525 g/mol. The molecule has 5 rings (SSSR count). The first kappa shape index (κ1) is 27.1. The summed E-state index contributed by atoms with van der Waals surface area (Å²) < 4.78 is 46.9. The standard InChI is InChI=1S/C28H31F3N6OS/c29-28(30,31)23-19-24(37-15-13-36(14-16-37)22-9-5-2-6-10-22)34-25(33-23)35-26(39)32-20-27(11-17-38-18-12-27)21-7-3-1-4-8-21/h1-10,19H,11-18,20H2,(H2,32,33,34,35,39). The number of anilines is 3. The van der Waals surface area contributed by atoms with Gasteiger partial charge in [-0.2, -0.15) is 18.2 Å². The third-order valence-corrected chi connectivity index (χ3v) is 7.62. The van der Waals surface area contributed by atoms with Crippen LogP contribution in [-0.4, -0.2) is 61.0 Å². The Morgan fingerprint density at radius 2 is 1.51 bits per heavy atom. The summed E-state index contributed by atoms with van der Waals surface area (Å²) in [5.41, 5.74) is 1.07. The molecule has 0 aliphatic carbocycles. The number of para-hydroxylation sites is 1. The van der Waals surface area contributed by atoms with Crippen LogP contribution in [0.4, 0.5) is 30.6 Å². The van der Waals surface area contributed by atoms with Crippen molar-refractivity contribution in [1.29, 1.82) is 0 Å². The summed E-state index contributed by atoms with van der Waals surface area (Å²) in [4.78, 5) is 12.2. The number of hydrogen-bond donors (Lipinski definition) is 2. The fourth-order valence-electron chi connectivity index (χ4n) is 5.15. The summed E-state index contributed by atoms with van der Waals surface area (Å²) in [6, 6.07) is 21.1. The van der Waals surface area contributed by atoms with Gasteiger partial charge >= 0.3 is 6.18 Å². The van der Waals surface area contributed by atoms with Gasteiger partial charge in [-0.3, -0.25) is 0 Å². The quantitative estimate of drug-likeness (QED) is 0.418. The molecule has 39 heavy (non-hydrogen) atoms. The SMILES string of the molecule is FC(F)(F)c1cc(N2CCN(c3ccccc3)CC2)nc(NC(=S)NCC2(c3ccccc3)CCOCC2)n1. The highest BCUT2D eigenvalue weighted by molar-refractivity contribution is 7.80. The summed E-state index contributed by atoms with van der Waals surface area (Å²) in [6.07, 6.45) is -2.99. The Morgan fingerprint density at radius 1 is 0.897 bits per heavy atom. The summed E-state index contributed by atoms with van der Waals surface area (Å²) in [5.74, 6) is 0.0454. The van der Waals surface area contributed by atoms with Crippen LogP contribution in [0.15, 0.2) is 66.7 Å². The number of alkyl halides is 3. The second-order valence-corrected chi connectivity index (χ2v) is 10.2. The molecule has 1 aromatic heterocycles. The number of nitrogens with one attached hydrogen (secondary N) is 2. The van der Waals surface area contributed by atoms with Gasteiger partial charge in [0, 0.05) is 63.1 Å². The predicted octanol–water partition coefficient (Wildman–Crippen LogP) is 4.86. The molecule has 0 amide bonds. The van der Waals surface area contributed by atoms with Gasteiger partial charge in [0.2, 0.25) is 5.95 Å². The van der Waals surface area contributed by atoms with Crippen molar-refractivity contribution in [3.8, 4) is 0 Å². The van der Waals surface area contributed by atoms with Crippen molar-refractivity contribution in [2.45, 2.75) is 24.4 Å². The van der Waals surface area contributed by atoms with E-state index in [0.29, 0.717) is 45.9 Å². The minimum Gasteiger partial charge on any atom is -0.381 e. The lowest BCUT2D eigenvalue weighted by Crippen LogP contribution is -2.47. The normalized spacial score (nSPS) is 17.5. The first-order valence-electron chi connectivity index (χ1n) is 13.0. The second kappa shape index (κ2) is 11.7. The molecular formula is C28H31F3N6OS. The highest BCUT2D eigenvalue weighted by Crippen LogP contribution is 2.34. The number of rotatable bonds is 6. The van der Waals surface area contributed by atoms with Crippen molar-refractivity contribution >= 4 is 34.8 Å². The van der Waals surface area contributed by atoms with Crippen molar-refractivity contribution in [2.24, 2.45) is 0 Å². The lowest BCUT2D eigenvalue weighted by Gasteiger charge is -2.38. The minimum atomic E-state index is -4.62. The fraction of sp³-hybridized carbons (Fsp3) is 0.393. The van der Waals surface area contributed by atoms with E-state index in [0.717, 1.165) is 24.6 Å². The number of nitrogens with zero attached hydrogens (tertiary/aromatic N) is 4. The first-order chi connectivity index (χ1) is 18.8. The van der Waals surface area contributed by atoms with Crippen LogP contribution in [0.2, 0.25) is 0 Å². The Hall–Kier alpha value is -3.44. The Morgan fingerprint density at radius 3 is 2.15 bits per heavy atom. The van der Waals surface area contributed by atoms with E-state index in [1.807, 2.05) is 53.4 Å². The average molecular weight is 557 g/mol. The first-order valence-corrected chi connectivity index (χ1v) is 13.4. The molecule has 2 N–H and O–H groups in total. The van der Waals surface area contributed by atoms with E-state index in [1.54, 1.807) is 0 Å². The van der Waals surface area contributed by atoms with Crippen molar-refractivity contribution < 1.29 is 17.9 Å². The van der Waals surface area contributed by atoms with E-state index >= 15 is 0 Å². The summed E-state index contributed by atoms with van der Waals surface area (Å²) in [7, 11) is 0. The van der Waals surface area contributed by atoms with Crippen molar-refractivity contribution in [2.75, 3.05) is 61.1 Å². The molecule has 2 fully saturated rings. The van der Waals surface area contributed by atoms with Crippen LogP contribution in [0.1, 0.15) is 24.1 Å². The Balaban J connectivity index is 1.28. The molecule has 206 valence electrons. The third-order valence-electron chi connectivity index (χ3n) is 7.38. The van der Waals surface area contributed by atoms with E-state index in [-0.39, 0.29) is 22.3 Å². The lowest BCUT2D eigenvalue weighted by atomic mass is 9.74. The molecule has 7 nitrogen and oxygen atoms in total. The van der Waals surface area contributed by atoms with Crippen molar-refractivity contribution in [3.63, 3.8) is 0 Å². The van der Waals surface area contributed by atoms with Gasteiger partial charge in [0.1, 0.15) is 5.82 Å². The molecule has 3 heterocycles. The zero-order valence-electron chi connectivity index (χ0n) is 21.5. The Kier molecular flexibility index (Phi) is 8.18. The molecule has 11 heteroatoms. The maximum atomic E-state index is 13.8. The number of hydrogen-bond acceptors (Lipinski definition) is 6. The summed E-state index contributed by atoms with van der Waals surface area (Å²) in [5, 5.41) is 6.19. The van der Waals surface area contributed by atoms with Crippen LogP contribution in [0.5, 0.6) is 0 Å². The van der Waals surface area contributed by atoms with Crippen molar-refractivity contribution in [1.82, 2.24) is 15.3 Å². The maximum absolute atomic E-state index is 13.8. The van der Waals surface area contributed by atoms with Crippen LogP contribution in [0, 0.1) is 0 Å². The van der Waals surface area contributed by atoms with E-state index in [4.69, 9.17) is 17.0 Å². The number of aromatic nitrogens is 2. The van der Waals surface area contributed by atoms with E-state index in [2.05, 4.69) is 37.6 Å². The van der Waals surface area contributed by atoms with E-state index in [1.165, 1.54) is 5.56 Å². The van der Waals surface area contributed by atoms with Gasteiger partial charge in [0.15, 0.2) is 10.8 Å². The monoisotopic (exact) mass is 556 g/mol. The van der Waals surface area contributed by atoms with E-state index in [9.17, 15) is 13.2 Å². The van der Waals surface area contributed by atoms with E-state index < -0.39 is 11.9 Å². The number of ether oxygens (including phenoxy) is 1. The zero-order chi connectivity index (χ0) is 27.3. The number of thiocarbonyl (C=S) groups is 1. The molecule has 0 spiro atoms. The number of benzene rings is 2. The molecule has 2 aliphatic heterocycles. The topological polar surface area (TPSA) is 65.5 Å². The summed E-state index contributed by atoms with van der Waals surface area (Å²) >= 11 is 5.48. The predicted molar refractivity (Wildman–Crippen MR) is 150 cm³/mol. The highest BCUT2D eigenvalue weighted by atomic mass is 32.1. The van der Waals surface area contributed by atoms with Gasteiger partial charge in [0.05, 0.1) is 0 Å². The second-order valence-electron chi connectivity index (χ2n) is 9.81. The van der Waals surface area contributed by atoms with Gasteiger partial charge in [-0.25, -0.2) is 4.98 Å². The van der Waals surface area contributed by atoms with Gasteiger partial charge in [0.25, 0.3) is 0 Å². The number of halogens is 3. The minimum absolute atomic E-state index is 0.177. The van der Waals surface area contributed by atoms with Crippen LogP contribution in [-0.2, 0) is 16.3 Å². The Bertz CT molecular complexity index is 1250. The molecule has 0 atom stereocenters. The molecule has 0 bridgehead atoms. The smallest absolute Gasteiger partial charge is 0.381 e. The summed E-state index contributed by atoms with van der Waals surface area (Å²) in [6.45, 7) is 4.19. The maximum Gasteiger partial charge on any atom is 0.433 e. The van der Waals surface area contributed by atoms with Gasteiger partial charge < -0.3 is 25.2 Å². The molecule has 0 saturated carbocycles. The van der Waals surface area contributed by atoms with Crippen molar-refractivity contribution in [3.05, 3.63) is 78.0 Å². The number of piperazine rings is 1. The fourth-order valence-corrected chi connectivity index (χ4v) is 5.31. The van der Waals surface area contributed by atoms with Gasteiger partial charge in [-0.1, -0.05) is 48.5 Å². The molecule has 0 radical (unpaired) electrons. The Labute approximate surface area is 231 Å². The largest absolute Gasteiger partial charge is 0.433 e. The van der Waals surface area contributed by atoms with Crippen LogP contribution in [0.3, 0.4) is 0 Å².